The largest absolute Gasteiger partial charge is 0.389 e. The van der Waals surface area contributed by atoms with Crippen molar-refractivity contribution < 1.29 is 5.11 Å². The number of imidazole rings is 1. The molecule has 1 atom stereocenters. The predicted molar refractivity (Wildman–Crippen MR) is 95.0 cm³/mol. The van der Waals surface area contributed by atoms with Gasteiger partial charge in [0.25, 0.3) is 5.56 Å². The van der Waals surface area contributed by atoms with Gasteiger partial charge >= 0.3 is 5.69 Å². The van der Waals surface area contributed by atoms with E-state index in [0.29, 0.717) is 11.2 Å². The summed E-state index contributed by atoms with van der Waals surface area (Å²) < 4.78 is 3.95. The molecule has 0 radical (unpaired) electrons. The van der Waals surface area contributed by atoms with Gasteiger partial charge in [-0.25, -0.2) is 9.78 Å². The van der Waals surface area contributed by atoms with Crippen LogP contribution < -0.4 is 11.2 Å². The number of hydrogen-bond acceptors (Lipinski definition) is 5. The summed E-state index contributed by atoms with van der Waals surface area (Å²) in [7, 11) is 3.00. The van der Waals surface area contributed by atoms with Gasteiger partial charge in [-0.05, 0) is 19.3 Å². The molecule has 1 N–H and O–H groups in total. The Kier molecular flexibility index (Phi) is 5.03. The summed E-state index contributed by atoms with van der Waals surface area (Å²) in [6, 6.07) is 0. The molecule has 3 rings (SSSR count). The number of fused-ring (bicyclic) bond motifs is 1. The summed E-state index contributed by atoms with van der Waals surface area (Å²) in [5.41, 5.74) is -0.213. The Labute approximate surface area is 144 Å². The molecule has 25 heavy (non-hydrogen) atoms. The van der Waals surface area contributed by atoms with Crippen molar-refractivity contribution in [2.24, 2.45) is 19.1 Å². The zero-order valence-corrected chi connectivity index (χ0v) is 14.6. The highest BCUT2D eigenvalue weighted by molar-refractivity contribution is 5.69. The lowest BCUT2D eigenvalue weighted by Gasteiger charge is -2.24. The van der Waals surface area contributed by atoms with Crippen LogP contribution >= 0.6 is 0 Å². The fourth-order valence-corrected chi connectivity index (χ4v) is 3.14. The van der Waals surface area contributed by atoms with Gasteiger partial charge in [0, 0.05) is 27.2 Å². The quantitative estimate of drug-likeness (QED) is 0.570. The van der Waals surface area contributed by atoms with Crippen LogP contribution in [0.1, 0.15) is 19.3 Å². The number of nitrogens with zero attached hydrogens (tertiary/aromatic N) is 6. The van der Waals surface area contributed by atoms with Gasteiger partial charge in [0.15, 0.2) is 11.2 Å². The van der Waals surface area contributed by atoms with Gasteiger partial charge in [-0.3, -0.25) is 18.9 Å². The third-order valence-electron chi connectivity index (χ3n) is 4.58. The van der Waals surface area contributed by atoms with Crippen molar-refractivity contribution in [2.45, 2.75) is 31.9 Å². The van der Waals surface area contributed by atoms with Gasteiger partial charge in [-0.1, -0.05) is 0 Å². The number of rotatable bonds is 5. The lowest BCUT2D eigenvalue weighted by Crippen LogP contribution is -2.38. The van der Waals surface area contributed by atoms with Crippen molar-refractivity contribution in [1.29, 1.82) is 0 Å². The fraction of sp³-hybridized carbons (Fsp3) is 0.625. The first kappa shape index (κ1) is 17.4. The van der Waals surface area contributed by atoms with Crippen LogP contribution in [-0.2, 0) is 20.6 Å². The molecule has 2 aromatic rings. The van der Waals surface area contributed by atoms with Crippen LogP contribution in [0.25, 0.3) is 11.2 Å². The molecule has 0 aliphatic carbocycles. The van der Waals surface area contributed by atoms with E-state index in [2.05, 4.69) is 14.9 Å². The highest BCUT2D eigenvalue weighted by Crippen LogP contribution is 2.08. The van der Waals surface area contributed by atoms with E-state index in [4.69, 9.17) is 0 Å². The second-order valence-corrected chi connectivity index (χ2v) is 6.51. The average molecular weight is 348 g/mol. The zero-order chi connectivity index (χ0) is 18.0. The van der Waals surface area contributed by atoms with Crippen LogP contribution in [0.5, 0.6) is 0 Å². The second kappa shape index (κ2) is 7.22. The lowest BCUT2D eigenvalue weighted by atomic mass is 10.1. The summed E-state index contributed by atoms with van der Waals surface area (Å²) >= 11 is 0. The molecule has 1 aliphatic heterocycles. The lowest BCUT2D eigenvalue weighted by molar-refractivity contribution is 0.163. The number of hydrogen-bond donors (Lipinski definition) is 1. The molecule has 2 aromatic heterocycles. The Balaban J connectivity index is 1.73. The SMILES string of the molecule is Cn1c(=O)c2c(ncn2C[C@H](O)CN=CN2CCCCC2)n(C)c1=O. The first-order chi connectivity index (χ1) is 12.0. The molecule has 136 valence electrons. The maximum Gasteiger partial charge on any atom is 0.332 e. The summed E-state index contributed by atoms with van der Waals surface area (Å²) in [6.45, 7) is 2.47. The first-order valence-electron chi connectivity index (χ1n) is 8.52. The zero-order valence-electron chi connectivity index (χ0n) is 14.6. The van der Waals surface area contributed by atoms with Crippen LogP contribution in [-0.4, -0.2) is 60.8 Å². The van der Waals surface area contributed by atoms with Gasteiger partial charge in [-0.2, -0.15) is 0 Å². The Bertz CT molecular complexity index is 888. The number of aliphatic hydroxyl groups is 1. The van der Waals surface area contributed by atoms with Crippen molar-refractivity contribution in [3.05, 3.63) is 27.2 Å². The van der Waals surface area contributed by atoms with Gasteiger partial charge in [-0.15, -0.1) is 0 Å². The maximum absolute atomic E-state index is 12.4. The van der Waals surface area contributed by atoms with Crippen LogP contribution in [0.3, 0.4) is 0 Å². The van der Waals surface area contributed by atoms with Crippen LogP contribution in [0, 0.1) is 0 Å². The number of aryl methyl sites for hydroxylation is 1. The van der Waals surface area contributed by atoms with Crippen molar-refractivity contribution in [1.82, 2.24) is 23.6 Å². The minimum absolute atomic E-state index is 0.196. The minimum Gasteiger partial charge on any atom is -0.389 e. The van der Waals surface area contributed by atoms with Crippen molar-refractivity contribution >= 4 is 17.5 Å². The van der Waals surface area contributed by atoms with Crippen molar-refractivity contribution in [2.75, 3.05) is 19.6 Å². The Morgan fingerprint density at radius 2 is 1.96 bits per heavy atom. The van der Waals surface area contributed by atoms with Gasteiger partial charge in [0.2, 0.25) is 0 Å². The van der Waals surface area contributed by atoms with Crippen LogP contribution in [0.15, 0.2) is 20.9 Å². The first-order valence-corrected chi connectivity index (χ1v) is 8.52. The second-order valence-electron chi connectivity index (χ2n) is 6.51. The average Bonchev–Trinajstić information content (AvgIpc) is 3.02. The Morgan fingerprint density at radius 3 is 2.68 bits per heavy atom. The van der Waals surface area contributed by atoms with E-state index in [0.717, 1.165) is 17.7 Å². The molecule has 0 bridgehead atoms. The van der Waals surface area contributed by atoms with Gasteiger partial charge in [0.1, 0.15) is 0 Å². The van der Waals surface area contributed by atoms with E-state index in [1.54, 1.807) is 18.0 Å². The van der Waals surface area contributed by atoms with Crippen molar-refractivity contribution in [3.63, 3.8) is 0 Å². The van der Waals surface area contributed by atoms with Crippen LogP contribution in [0.2, 0.25) is 0 Å². The maximum atomic E-state index is 12.4. The molecular formula is C16H24N6O3. The summed E-state index contributed by atoms with van der Waals surface area (Å²) in [6.07, 6.45) is 6.16. The third kappa shape index (κ3) is 3.51. The number of likely N-dealkylation sites (tertiary alicyclic amines) is 1. The predicted octanol–water partition coefficient (Wildman–Crippen LogP) is -0.691. The van der Waals surface area contributed by atoms with E-state index in [1.807, 2.05) is 0 Å². The van der Waals surface area contributed by atoms with Gasteiger partial charge in [0.05, 0.1) is 31.9 Å². The number of aliphatic hydroxyl groups excluding tert-OH is 1. The molecule has 1 aliphatic rings. The third-order valence-corrected chi connectivity index (χ3v) is 4.58. The highest BCUT2D eigenvalue weighted by atomic mass is 16.3. The van der Waals surface area contributed by atoms with E-state index in [-0.39, 0.29) is 13.1 Å². The van der Waals surface area contributed by atoms with E-state index < -0.39 is 17.4 Å². The Hall–Kier alpha value is -2.42. The molecular weight excluding hydrogens is 324 g/mol. The molecule has 1 saturated heterocycles. The molecule has 0 aromatic carbocycles. The fourth-order valence-electron chi connectivity index (χ4n) is 3.14. The summed E-state index contributed by atoms with van der Waals surface area (Å²) in [4.78, 5) is 34.9. The molecule has 0 spiro atoms. The Morgan fingerprint density at radius 1 is 1.24 bits per heavy atom. The molecule has 9 nitrogen and oxygen atoms in total. The molecule has 3 heterocycles. The summed E-state index contributed by atoms with van der Waals surface area (Å²) in [5.74, 6) is 0. The molecule has 1 fully saturated rings. The van der Waals surface area contributed by atoms with Gasteiger partial charge < -0.3 is 14.6 Å². The van der Waals surface area contributed by atoms with Crippen LogP contribution in [0.4, 0.5) is 0 Å². The van der Waals surface area contributed by atoms with E-state index in [1.165, 1.54) is 37.2 Å². The monoisotopic (exact) mass is 348 g/mol. The normalized spacial score (nSPS) is 16.8. The molecule has 9 heteroatoms. The topological polar surface area (TPSA) is 97.6 Å². The van der Waals surface area contributed by atoms with E-state index >= 15 is 0 Å². The molecule has 0 amide bonds. The summed E-state index contributed by atoms with van der Waals surface area (Å²) in [5, 5.41) is 10.2. The van der Waals surface area contributed by atoms with Crippen molar-refractivity contribution in [3.8, 4) is 0 Å². The van der Waals surface area contributed by atoms with E-state index in [9.17, 15) is 14.7 Å². The smallest absolute Gasteiger partial charge is 0.332 e. The minimum atomic E-state index is -0.736. The highest BCUT2D eigenvalue weighted by Gasteiger charge is 2.16. The number of aromatic nitrogens is 4. The molecule has 0 unspecified atom stereocenters. The number of aliphatic imine (C=N–C) groups is 1. The standard InChI is InChI=1S/C16H24N6O3/c1-19-14-13(15(24)20(2)16(19)25)22(11-18-14)9-12(23)8-17-10-21-6-4-3-5-7-21/h10-12,23H,3-9H2,1-2H3/t12-/m1/s1. The number of piperidine rings is 1. The molecule has 0 saturated carbocycles.